The molecule has 4 aromatic rings. The molecule has 136 valence electrons. The summed E-state index contributed by atoms with van der Waals surface area (Å²) in [5.41, 5.74) is 9.41. The Morgan fingerprint density at radius 1 is 1.26 bits per heavy atom. The molecule has 0 saturated heterocycles. The topological polar surface area (TPSA) is 86.1 Å². The minimum atomic E-state index is -0.454. The first kappa shape index (κ1) is 17.1. The molecule has 6 nitrogen and oxygen atoms in total. The van der Waals surface area contributed by atoms with Gasteiger partial charge in [-0.25, -0.2) is 4.98 Å². The Bertz CT molecular complexity index is 1070. The number of primary amides is 1. The van der Waals surface area contributed by atoms with Crippen molar-refractivity contribution in [3.8, 4) is 11.4 Å². The molecule has 1 amide bonds. The summed E-state index contributed by atoms with van der Waals surface area (Å²) < 4.78 is 7.47. The lowest BCUT2D eigenvalue weighted by atomic mass is 10.2. The van der Waals surface area contributed by atoms with Crippen LogP contribution in [0.25, 0.3) is 11.4 Å². The van der Waals surface area contributed by atoms with Gasteiger partial charge in [-0.05, 0) is 37.3 Å². The molecule has 27 heavy (non-hydrogen) atoms. The Kier molecular flexibility index (Phi) is 4.52. The first-order valence-electron chi connectivity index (χ1n) is 8.42. The molecule has 1 aromatic carbocycles. The lowest BCUT2D eigenvalue weighted by molar-refractivity contribution is 0.0999. The van der Waals surface area contributed by atoms with Gasteiger partial charge in [0.1, 0.15) is 5.76 Å². The average molecular weight is 378 g/mol. The molecule has 0 saturated carbocycles. The summed E-state index contributed by atoms with van der Waals surface area (Å²) in [5.74, 6) is 0.341. The van der Waals surface area contributed by atoms with E-state index in [2.05, 4.69) is 10.3 Å². The van der Waals surface area contributed by atoms with Crippen LogP contribution < -0.4 is 11.1 Å². The molecule has 0 aliphatic rings. The van der Waals surface area contributed by atoms with Crippen molar-refractivity contribution < 1.29 is 9.21 Å². The number of nitrogens with two attached hydrogens (primary N) is 1. The van der Waals surface area contributed by atoms with E-state index in [0.717, 1.165) is 33.7 Å². The van der Waals surface area contributed by atoms with Crippen LogP contribution in [-0.4, -0.2) is 15.5 Å². The maximum atomic E-state index is 11.8. The Hall–Kier alpha value is -3.32. The van der Waals surface area contributed by atoms with Crippen LogP contribution in [0.5, 0.6) is 0 Å². The number of aromatic nitrogens is 2. The first-order valence-corrected chi connectivity index (χ1v) is 9.30. The number of thiazole rings is 1. The highest BCUT2D eigenvalue weighted by atomic mass is 32.1. The van der Waals surface area contributed by atoms with E-state index < -0.39 is 5.91 Å². The van der Waals surface area contributed by atoms with Gasteiger partial charge in [-0.3, -0.25) is 4.79 Å². The van der Waals surface area contributed by atoms with Crippen LogP contribution in [0, 0.1) is 6.92 Å². The standard InChI is InChI=1S/C20H18N4O2S/c1-13-16(19(21)25)10-18(24(13)11-15-8-5-9-26-15)17-12-27-20(23-17)22-14-6-3-2-4-7-14/h2-10,12H,11H2,1H3,(H2,21,25)(H,22,23). The Morgan fingerprint density at radius 2 is 2.07 bits per heavy atom. The smallest absolute Gasteiger partial charge is 0.250 e. The molecule has 0 unspecified atom stereocenters. The third-order valence-corrected chi connectivity index (χ3v) is 5.08. The second kappa shape index (κ2) is 7.13. The third-order valence-electron chi connectivity index (χ3n) is 4.32. The summed E-state index contributed by atoms with van der Waals surface area (Å²) in [4.78, 5) is 16.5. The monoisotopic (exact) mass is 378 g/mol. The van der Waals surface area contributed by atoms with E-state index in [1.165, 1.54) is 11.3 Å². The van der Waals surface area contributed by atoms with Crippen LogP contribution in [-0.2, 0) is 6.54 Å². The fourth-order valence-electron chi connectivity index (χ4n) is 2.96. The van der Waals surface area contributed by atoms with Gasteiger partial charge in [-0.15, -0.1) is 11.3 Å². The number of hydrogen-bond acceptors (Lipinski definition) is 5. The second-order valence-electron chi connectivity index (χ2n) is 6.09. The molecule has 0 aliphatic carbocycles. The molecular formula is C20H18N4O2S. The number of carbonyl (C=O) groups is 1. The molecule has 4 rings (SSSR count). The van der Waals surface area contributed by atoms with Crippen LogP contribution in [0.4, 0.5) is 10.8 Å². The van der Waals surface area contributed by atoms with E-state index in [0.29, 0.717) is 12.1 Å². The van der Waals surface area contributed by atoms with Crippen molar-refractivity contribution in [1.29, 1.82) is 0 Å². The first-order chi connectivity index (χ1) is 13.1. The van der Waals surface area contributed by atoms with Gasteiger partial charge in [0.25, 0.3) is 5.91 Å². The number of hydrogen-bond donors (Lipinski definition) is 2. The molecule has 0 radical (unpaired) electrons. The largest absolute Gasteiger partial charge is 0.467 e. The van der Waals surface area contributed by atoms with Gasteiger partial charge >= 0.3 is 0 Å². The van der Waals surface area contributed by atoms with E-state index in [1.54, 1.807) is 12.3 Å². The number of amides is 1. The average Bonchev–Trinajstić information content (AvgIpc) is 3.38. The fourth-order valence-corrected chi connectivity index (χ4v) is 3.69. The summed E-state index contributed by atoms with van der Waals surface area (Å²) >= 11 is 1.50. The summed E-state index contributed by atoms with van der Waals surface area (Å²) in [6, 6.07) is 15.4. The van der Waals surface area contributed by atoms with Crippen LogP contribution in [0.3, 0.4) is 0 Å². The zero-order valence-corrected chi connectivity index (χ0v) is 15.5. The molecule has 0 spiro atoms. The van der Waals surface area contributed by atoms with E-state index in [1.807, 2.05) is 59.3 Å². The highest BCUT2D eigenvalue weighted by molar-refractivity contribution is 7.14. The molecule has 3 N–H and O–H groups in total. The van der Waals surface area contributed by atoms with Crippen LogP contribution in [0.2, 0.25) is 0 Å². The Morgan fingerprint density at radius 3 is 2.78 bits per heavy atom. The second-order valence-corrected chi connectivity index (χ2v) is 6.95. The summed E-state index contributed by atoms with van der Waals surface area (Å²) in [7, 11) is 0. The van der Waals surface area contributed by atoms with Gasteiger partial charge in [0.15, 0.2) is 5.13 Å². The van der Waals surface area contributed by atoms with Crippen LogP contribution in [0.15, 0.2) is 64.6 Å². The maximum absolute atomic E-state index is 11.8. The number of para-hydroxylation sites is 1. The number of rotatable bonds is 6. The van der Waals surface area contributed by atoms with Gasteiger partial charge in [0, 0.05) is 16.8 Å². The van der Waals surface area contributed by atoms with Crippen LogP contribution in [0.1, 0.15) is 21.8 Å². The summed E-state index contributed by atoms with van der Waals surface area (Å²) in [5, 5.41) is 6.03. The molecular weight excluding hydrogens is 360 g/mol. The SMILES string of the molecule is Cc1c(C(N)=O)cc(-c2csc(Nc3ccccc3)n2)n1Cc1ccco1. The van der Waals surface area contributed by atoms with Gasteiger partial charge in [-0.2, -0.15) is 0 Å². The molecule has 0 fully saturated rings. The molecule has 7 heteroatoms. The normalized spacial score (nSPS) is 10.9. The highest BCUT2D eigenvalue weighted by Gasteiger charge is 2.19. The lowest BCUT2D eigenvalue weighted by Gasteiger charge is -2.09. The predicted molar refractivity (Wildman–Crippen MR) is 106 cm³/mol. The number of nitrogens with one attached hydrogen (secondary N) is 1. The molecule has 0 bridgehead atoms. The van der Waals surface area contributed by atoms with Crippen molar-refractivity contribution in [3.63, 3.8) is 0 Å². The van der Waals surface area contributed by atoms with Gasteiger partial charge < -0.3 is 20.0 Å². The molecule has 3 aromatic heterocycles. The number of furan rings is 1. The minimum absolute atomic E-state index is 0.454. The zero-order chi connectivity index (χ0) is 18.8. The van der Waals surface area contributed by atoms with Gasteiger partial charge in [0.05, 0.1) is 29.8 Å². The highest BCUT2D eigenvalue weighted by Crippen LogP contribution is 2.31. The quantitative estimate of drug-likeness (QED) is 0.520. The summed E-state index contributed by atoms with van der Waals surface area (Å²) in [6.45, 7) is 2.38. The molecule has 0 atom stereocenters. The van der Waals surface area contributed by atoms with E-state index in [-0.39, 0.29) is 0 Å². The van der Waals surface area contributed by atoms with Crippen molar-refractivity contribution in [1.82, 2.24) is 9.55 Å². The summed E-state index contributed by atoms with van der Waals surface area (Å²) in [6.07, 6.45) is 1.63. The Labute approximate surface area is 160 Å². The van der Waals surface area contributed by atoms with Crippen molar-refractivity contribution in [2.75, 3.05) is 5.32 Å². The number of nitrogens with zero attached hydrogens (tertiary/aromatic N) is 2. The predicted octanol–water partition coefficient (Wildman–Crippen LogP) is 4.40. The van der Waals surface area contributed by atoms with Gasteiger partial charge in [-0.1, -0.05) is 18.2 Å². The van der Waals surface area contributed by atoms with Crippen molar-refractivity contribution >= 4 is 28.1 Å². The van der Waals surface area contributed by atoms with Crippen molar-refractivity contribution in [2.45, 2.75) is 13.5 Å². The van der Waals surface area contributed by atoms with Gasteiger partial charge in [0.2, 0.25) is 0 Å². The Balaban J connectivity index is 1.70. The van der Waals surface area contributed by atoms with E-state index in [9.17, 15) is 4.79 Å². The molecule has 0 aliphatic heterocycles. The fraction of sp³-hybridized carbons (Fsp3) is 0.100. The number of anilines is 2. The number of benzene rings is 1. The van der Waals surface area contributed by atoms with E-state index in [4.69, 9.17) is 10.2 Å². The lowest BCUT2D eigenvalue weighted by Crippen LogP contribution is -2.12. The third kappa shape index (κ3) is 3.50. The van der Waals surface area contributed by atoms with Crippen molar-refractivity contribution in [3.05, 3.63) is 77.2 Å². The van der Waals surface area contributed by atoms with Crippen molar-refractivity contribution in [2.24, 2.45) is 5.73 Å². The molecule has 3 heterocycles. The number of carbonyl (C=O) groups excluding carboxylic acids is 1. The minimum Gasteiger partial charge on any atom is -0.467 e. The maximum Gasteiger partial charge on any atom is 0.250 e. The van der Waals surface area contributed by atoms with E-state index >= 15 is 0 Å². The zero-order valence-electron chi connectivity index (χ0n) is 14.7. The van der Waals surface area contributed by atoms with Crippen LogP contribution >= 0.6 is 11.3 Å².